The molecule has 0 bridgehead atoms. The molecule has 0 amide bonds. The highest BCUT2D eigenvalue weighted by Gasteiger charge is 2.29. The van der Waals surface area contributed by atoms with Crippen molar-refractivity contribution < 1.29 is 14.3 Å². The fourth-order valence-corrected chi connectivity index (χ4v) is 4.29. The van der Waals surface area contributed by atoms with Crippen molar-refractivity contribution in [1.82, 2.24) is 24.1 Å². The van der Waals surface area contributed by atoms with Crippen molar-refractivity contribution in [3.8, 4) is 11.3 Å². The van der Waals surface area contributed by atoms with Gasteiger partial charge < -0.3 is 14.8 Å². The van der Waals surface area contributed by atoms with Crippen molar-refractivity contribution in [3.63, 3.8) is 0 Å². The zero-order valence-corrected chi connectivity index (χ0v) is 21.6. The highest BCUT2D eigenvalue weighted by Crippen LogP contribution is 2.29. The van der Waals surface area contributed by atoms with Crippen LogP contribution in [0.4, 0.5) is 5.95 Å². The Labute approximate surface area is 208 Å². The summed E-state index contributed by atoms with van der Waals surface area (Å²) in [5.41, 5.74) is 0.121. The molecule has 1 aliphatic heterocycles. The van der Waals surface area contributed by atoms with Gasteiger partial charge in [-0.2, -0.15) is 5.10 Å². The van der Waals surface area contributed by atoms with Gasteiger partial charge in [0.2, 0.25) is 5.95 Å². The van der Waals surface area contributed by atoms with Crippen LogP contribution in [-0.4, -0.2) is 54.0 Å². The molecule has 10 nitrogen and oxygen atoms in total. The number of anilines is 1. The third-order valence-corrected chi connectivity index (χ3v) is 6.04. The number of fused-ring (bicyclic) bond motifs is 1. The molecule has 2 atom stereocenters. The van der Waals surface area contributed by atoms with Crippen LogP contribution in [0, 0.1) is 0 Å². The number of rotatable bonds is 5. The summed E-state index contributed by atoms with van der Waals surface area (Å²) in [4.78, 5) is 34.6. The fourth-order valence-electron chi connectivity index (χ4n) is 4.09. The minimum Gasteiger partial charge on any atom is -0.458 e. The molecule has 1 aliphatic rings. The van der Waals surface area contributed by atoms with Gasteiger partial charge in [0.1, 0.15) is 23.5 Å². The molecule has 1 unspecified atom stereocenters. The van der Waals surface area contributed by atoms with E-state index < -0.39 is 17.6 Å². The average molecular weight is 503 g/mol. The average Bonchev–Trinajstić information content (AvgIpc) is 3.18. The molecule has 0 aromatic carbocycles. The Kier molecular flexibility index (Phi) is 6.63. The molecule has 1 N–H and O–H groups in total. The lowest BCUT2D eigenvalue weighted by atomic mass is 9.94. The maximum Gasteiger partial charge on any atom is 0.329 e. The monoisotopic (exact) mass is 502 g/mol. The number of carbonyl (C=O) groups is 1. The zero-order valence-electron chi connectivity index (χ0n) is 20.8. The number of carbonyl (C=O) groups excluding carboxylic acids is 1. The molecule has 0 spiro atoms. The van der Waals surface area contributed by atoms with Crippen molar-refractivity contribution in [3.05, 3.63) is 40.2 Å². The van der Waals surface area contributed by atoms with Crippen LogP contribution in [0.5, 0.6) is 0 Å². The molecular formula is C24H31ClN6O4. The minimum absolute atomic E-state index is 0.170. The van der Waals surface area contributed by atoms with E-state index in [0.717, 1.165) is 12.8 Å². The molecular weight excluding hydrogens is 472 g/mol. The number of hydrogen-bond acceptors (Lipinski definition) is 8. The Morgan fingerprint density at radius 2 is 2.11 bits per heavy atom. The van der Waals surface area contributed by atoms with Gasteiger partial charge in [-0.15, -0.1) is 0 Å². The van der Waals surface area contributed by atoms with Crippen LogP contribution in [0.15, 0.2) is 29.6 Å². The normalized spacial score (nSPS) is 18.9. The molecule has 0 radical (unpaired) electrons. The summed E-state index contributed by atoms with van der Waals surface area (Å²) in [5, 5.41) is 8.03. The molecule has 35 heavy (non-hydrogen) atoms. The minimum atomic E-state index is -0.834. The Hall–Kier alpha value is -2.98. The first-order chi connectivity index (χ1) is 16.3. The van der Waals surface area contributed by atoms with E-state index in [2.05, 4.69) is 34.2 Å². The van der Waals surface area contributed by atoms with E-state index in [0.29, 0.717) is 28.8 Å². The number of ether oxygens (including phenoxy) is 2. The van der Waals surface area contributed by atoms with Gasteiger partial charge >= 0.3 is 5.97 Å². The van der Waals surface area contributed by atoms with Crippen molar-refractivity contribution >= 4 is 29.0 Å². The summed E-state index contributed by atoms with van der Waals surface area (Å²) < 4.78 is 13.9. The summed E-state index contributed by atoms with van der Waals surface area (Å²) in [6.07, 6.45) is 6.21. The van der Waals surface area contributed by atoms with Crippen molar-refractivity contribution in [2.45, 2.75) is 77.7 Å². The van der Waals surface area contributed by atoms with Gasteiger partial charge in [0.15, 0.2) is 0 Å². The van der Waals surface area contributed by atoms with Crippen molar-refractivity contribution in [2.75, 3.05) is 11.9 Å². The number of hydrogen-bond donors (Lipinski definition) is 1. The van der Waals surface area contributed by atoms with E-state index in [1.54, 1.807) is 40.0 Å². The first kappa shape index (κ1) is 25.1. The third kappa shape index (κ3) is 5.65. The smallest absolute Gasteiger partial charge is 0.329 e. The van der Waals surface area contributed by atoms with Gasteiger partial charge in [-0.1, -0.05) is 11.6 Å². The quantitative estimate of drug-likeness (QED) is 0.523. The zero-order chi connectivity index (χ0) is 25.5. The summed E-state index contributed by atoms with van der Waals surface area (Å²) in [5.74, 6) is -0.0605. The van der Waals surface area contributed by atoms with E-state index in [1.807, 2.05) is 0 Å². The van der Waals surface area contributed by atoms with Crippen molar-refractivity contribution in [1.29, 1.82) is 0 Å². The number of aromatic nitrogens is 5. The largest absolute Gasteiger partial charge is 0.458 e. The predicted octanol–water partition coefficient (Wildman–Crippen LogP) is 3.88. The molecule has 11 heteroatoms. The topological polar surface area (TPSA) is 113 Å². The summed E-state index contributed by atoms with van der Waals surface area (Å²) in [6.45, 7) is 11.7. The van der Waals surface area contributed by atoms with E-state index >= 15 is 0 Å². The molecule has 3 aromatic rings. The van der Waals surface area contributed by atoms with Gasteiger partial charge in [-0.25, -0.2) is 19.3 Å². The van der Waals surface area contributed by atoms with E-state index in [-0.39, 0.29) is 22.7 Å². The van der Waals surface area contributed by atoms with E-state index in [9.17, 15) is 9.59 Å². The molecule has 1 saturated heterocycles. The van der Waals surface area contributed by atoms with Gasteiger partial charge in [0, 0.05) is 24.4 Å². The molecule has 1 fully saturated rings. The van der Waals surface area contributed by atoms with Crippen LogP contribution >= 0.6 is 11.6 Å². The first-order valence-corrected chi connectivity index (χ1v) is 12.0. The molecule has 4 heterocycles. The highest BCUT2D eigenvalue weighted by atomic mass is 35.5. The second kappa shape index (κ2) is 9.23. The van der Waals surface area contributed by atoms with Crippen LogP contribution < -0.4 is 10.9 Å². The summed E-state index contributed by atoms with van der Waals surface area (Å²) in [7, 11) is 0. The molecule has 188 valence electrons. The Morgan fingerprint density at radius 3 is 2.80 bits per heavy atom. The summed E-state index contributed by atoms with van der Waals surface area (Å²) >= 11 is 6.42. The molecule has 3 aromatic heterocycles. The molecule has 4 rings (SSSR count). The molecule has 0 aliphatic carbocycles. The number of esters is 1. The lowest BCUT2D eigenvalue weighted by Crippen LogP contribution is -2.40. The van der Waals surface area contributed by atoms with Crippen LogP contribution in [0.1, 0.15) is 60.4 Å². The number of nitrogens with zero attached hydrogens (tertiary/aromatic N) is 5. The van der Waals surface area contributed by atoms with Gasteiger partial charge in [-0.05, 0) is 60.5 Å². The standard InChI is InChI=1S/C24H31ClN6O4/c1-14(21(33)35-23(2,3)4)30-13-27-31-12-15(9-18(31)20(30)32)19-17(25)11-26-22(29-19)28-16-7-8-34-24(5,6)10-16/h9,11-14,16H,7-8,10H2,1-6H3,(H,26,28,29)/t14?,16-/m1/s1. The van der Waals surface area contributed by atoms with Crippen LogP contribution in [0.3, 0.4) is 0 Å². The lowest BCUT2D eigenvalue weighted by molar-refractivity contribution is -0.158. The van der Waals surface area contributed by atoms with Gasteiger partial charge in [0.05, 0.1) is 22.5 Å². The van der Waals surface area contributed by atoms with Crippen LogP contribution in [0.25, 0.3) is 16.8 Å². The van der Waals surface area contributed by atoms with E-state index in [1.165, 1.54) is 21.6 Å². The Morgan fingerprint density at radius 1 is 1.37 bits per heavy atom. The van der Waals surface area contributed by atoms with Gasteiger partial charge in [0.25, 0.3) is 5.56 Å². The molecule has 0 saturated carbocycles. The summed E-state index contributed by atoms with van der Waals surface area (Å²) in [6, 6.07) is 0.993. The second-order valence-electron chi connectivity index (χ2n) is 10.4. The fraction of sp³-hybridized carbons (Fsp3) is 0.542. The third-order valence-electron chi connectivity index (χ3n) is 5.77. The van der Waals surface area contributed by atoms with Crippen LogP contribution in [-0.2, 0) is 14.3 Å². The number of nitrogens with one attached hydrogen (secondary N) is 1. The maximum absolute atomic E-state index is 13.2. The highest BCUT2D eigenvalue weighted by molar-refractivity contribution is 6.32. The van der Waals surface area contributed by atoms with Crippen LogP contribution in [0.2, 0.25) is 5.02 Å². The number of halogens is 1. The van der Waals surface area contributed by atoms with E-state index in [4.69, 9.17) is 21.1 Å². The Balaban J connectivity index is 1.63. The predicted molar refractivity (Wildman–Crippen MR) is 133 cm³/mol. The second-order valence-corrected chi connectivity index (χ2v) is 10.9. The van der Waals surface area contributed by atoms with Gasteiger partial charge in [-0.3, -0.25) is 9.36 Å². The van der Waals surface area contributed by atoms with Crippen molar-refractivity contribution in [2.24, 2.45) is 0 Å². The maximum atomic E-state index is 13.2. The Bertz CT molecular complexity index is 1310. The first-order valence-electron chi connectivity index (χ1n) is 11.6. The lowest BCUT2D eigenvalue weighted by Gasteiger charge is -2.35. The SMILES string of the molecule is CC(C(=O)OC(C)(C)C)n1cnn2cc(-c3nc(N[C@@H]4CCOC(C)(C)C4)ncc3Cl)cc2c1=O.